The molecule has 1 amide bonds. The van der Waals surface area contributed by atoms with E-state index < -0.39 is 11.9 Å². The Bertz CT molecular complexity index is 957. The molecule has 0 saturated heterocycles. The number of ether oxygens (including phenoxy) is 1. The van der Waals surface area contributed by atoms with Crippen LogP contribution in [-0.4, -0.2) is 30.0 Å². The molecule has 1 aromatic heterocycles. The second-order valence-corrected chi connectivity index (χ2v) is 6.31. The first-order valence-electron chi connectivity index (χ1n) is 9.48. The van der Waals surface area contributed by atoms with Crippen LogP contribution in [0, 0.1) is 0 Å². The summed E-state index contributed by atoms with van der Waals surface area (Å²) >= 11 is 0. The van der Waals surface area contributed by atoms with Gasteiger partial charge < -0.3 is 15.4 Å². The highest BCUT2D eigenvalue weighted by Gasteiger charge is 2.15. The molecule has 0 spiro atoms. The molecule has 3 aromatic rings. The fourth-order valence-electron chi connectivity index (χ4n) is 2.79. The van der Waals surface area contributed by atoms with Crippen molar-refractivity contribution in [2.45, 2.75) is 13.3 Å². The van der Waals surface area contributed by atoms with Crippen LogP contribution in [0.1, 0.15) is 33.3 Å². The van der Waals surface area contributed by atoms with Crippen molar-refractivity contribution in [3.63, 3.8) is 0 Å². The number of nitrogens with zero attached hydrogens (tertiary/aromatic N) is 1. The molecule has 0 aliphatic rings. The average molecular weight is 389 g/mol. The van der Waals surface area contributed by atoms with Gasteiger partial charge in [0.25, 0.3) is 5.91 Å². The van der Waals surface area contributed by atoms with Gasteiger partial charge in [0, 0.05) is 6.54 Å². The molecule has 148 valence electrons. The number of rotatable bonds is 8. The Kier molecular flexibility index (Phi) is 6.95. The molecule has 1 heterocycles. The van der Waals surface area contributed by atoms with Gasteiger partial charge in [0.2, 0.25) is 0 Å². The number of amides is 1. The molecule has 6 nitrogen and oxygen atoms in total. The number of carbonyl (C=O) groups is 2. The molecule has 2 aromatic carbocycles. The van der Waals surface area contributed by atoms with Gasteiger partial charge in [-0.25, -0.2) is 9.78 Å². The van der Waals surface area contributed by atoms with Crippen molar-refractivity contribution < 1.29 is 14.3 Å². The number of carbonyl (C=O) groups excluding carboxylic acids is 2. The normalized spacial score (nSPS) is 10.2. The first-order valence-corrected chi connectivity index (χ1v) is 9.48. The van der Waals surface area contributed by atoms with E-state index in [0.717, 1.165) is 18.7 Å². The molecule has 0 atom stereocenters. The van der Waals surface area contributed by atoms with Crippen molar-refractivity contribution in [2.24, 2.45) is 0 Å². The van der Waals surface area contributed by atoms with Crippen molar-refractivity contribution in [3.8, 4) is 0 Å². The van der Waals surface area contributed by atoms with Crippen molar-refractivity contribution >= 4 is 23.3 Å². The lowest BCUT2D eigenvalue weighted by atomic mass is 10.1. The van der Waals surface area contributed by atoms with Gasteiger partial charge >= 0.3 is 5.97 Å². The summed E-state index contributed by atoms with van der Waals surface area (Å²) < 4.78 is 5.03. The number of hydrogen-bond donors (Lipinski definition) is 2. The van der Waals surface area contributed by atoms with Gasteiger partial charge in [-0.05, 0) is 43.2 Å². The van der Waals surface area contributed by atoms with Crippen LogP contribution in [0.2, 0.25) is 0 Å². The molecule has 0 unspecified atom stereocenters. The number of nitrogens with one attached hydrogen (secondary N) is 2. The largest absolute Gasteiger partial charge is 0.462 e. The van der Waals surface area contributed by atoms with Gasteiger partial charge in [-0.1, -0.05) is 42.5 Å². The number of esters is 1. The minimum Gasteiger partial charge on any atom is -0.462 e. The van der Waals surface area contributed by atoms with Crippen molar-refractivity contribution in [2.75, 3.05) is 23.8 Å². The lowest BCUT2D eigenvalue weighted by Crippen LogP contribution is -2.17. The van der Waals surface area contributed by atoms with Crippen LogP contribution in [-0.2, 0) is 11.2 Å². The smallest absolute Gasteiger partial charge is 0.340 e. The summed E-state index contributed by atoms with van der Waals surface area (Å²) in [6, 6.07) is 20.4. The predicted molar refractivity (Wildman–Crippen MR) is 113 cm³/mol. The maximum absolute atomic E-state index is 12.5. The SMILES string of the molecule is CCOC(=O)c1ccccc1NC(=O)c1ccc(NCCc2ccccc2)cn1. The topological polar surface area (TPSA) is 80.3 Å². The molecule has 0 aliphatic heterocycles. The monoisotopic (exact) mass is 389 g/mol. The Hall–Kier alpha value is -3.67. The molecular formula is C23H23N3O3. The highest BCUT2D eigenvalue weighted by Crippen LogP contribution is 2.17. The average Bonchev–Trinajstić information content (AvgIpc) is 2.75. The second kappa shape index (κ2) is 10.0. The summed E-state index contributed by atoms with van der Waals surface area (Å²) in [6.07, 6.45) is 2.52. The Balaban J connectivity index is 1.59. The van der Waals surface area contributed by atoms with E-state index >= 15 is 0 Å². The number of para-hydroxylation sites is 1. The summed E-state index contributed by atoms with van der Waals surface area (Å²) in [5, 5.41) is 6.02. The third-order valence-corrected chi connectivity index (χ3v) is 4.25. The fraction of sp³-hybridized carbons (Fsp3) is 0.174. The predicted octanol–water partition coefficient (Wildman–Crippen LogP) is 4.17. The number of hydrogen-bond acceptors (Lipinski definition) is 5. The highest BCUT2D eigenvalue weighted by molar-refractivity contribution is 6.07. The Morgan fingerprint density at radius 1 is 0.966 bits per heavy atom. The first-order chi connectivity index (χ1) is 14.2. The Labute approximate surface area is 169 Å². The van der Waals surface area contributed by atoms with Crippen molar-refractivity contribution in [1.29, 1.82) is 0 Å². The summed E-state index contributed by atoms with van der Waals surface area (Å²) in [6.45, 7) is 2.77. The van der Waals surface area contributed by atoms with Crippen LogP contribution in [0.5, 0.6) is 0 Å². The van der Waals surface area contributed by atoms with E-state index in [1.54, 1.807) is 43.5 Å². The minimum absolute atomic E-state index is 0.261. The fourth-order valence-corrected chi connectivity index (χ4v) is 2.79. The zero-order valence-corrected chi connectivity index (χ0v) is 16.2. The molecule has 2 N–H and O–H groups in total. The van der Waals surface area contributed by atoms with Gasteiger partial charge in [0.1, 0.15) is 5.69 Å². The molecule has 0 radical (unpaired) electrons. The molecule has 0 fully saturated rings. The van der Waals surface area contributed by atoms with E-state index in [1.807, 2.05) is 24.3 Å². The van der Waals surface area contributed by atoms with E-state index in [9.17, 15) is 9.59 Å². The Morgan fingerprint density at radius 3 is 2.45 bits per heavy atom. The molecule has 0 bridgehead atoms. The summed E-state index contributed by atoms with van der Waals surface area (Å²) in [7, 11) is 0. The van der Waals surface area contributed by atoms with Crippen molar-refractivity contribution in [3.05, 3.63) is 89.7 Å². The molecule has 0 aliphatic carbocycles. The molecule has 3 rings (SSSR count). The van der Waals surface area contributed by atoms with Gasteiger partial charge in [-0.15, -0.1) is 0 Å². The van der Waals surface area contributed by atoms with Gasteiger partial charge in [0.05, 0.1) is 29.7 Å². The van der Waals surface area contributed by atoms with E-state index in [0.29, 0.717) is 11.3 Å². The molecular weight excluding hydrogens is 366 g/mol. The first kappa shape index (κ1) is 20.1. The van der Waals surface area contributed by atoms with E-state index in [1.165, 1.54) is 5.56 Å². The second-order valence-electron chi connectivity index (χ2n) is 6.31. The standard InChI is InChI=1S/C23H23N3O3/c1-2-29-23(28)19-10-6-7-11-20(19)26-22(27)21-13-12-18(16-25-21)24-15-14-17-8-4-3-5-9-17/h3-13,16,24H,2,14-15H2,1H3,(H,26,27). The zero-order chi connectivity index (χ0) is 20.5. The third kappa shape index (κ3) is 5.65. The number of aromatic nitrogens is 1. The maximum Gasteiger partial charge on any atom is 0.340 e. The lowest BCUT2D eigenvalue weighted by molar-refractivity contribution is 0.0527. The van der Waals surface area contributed by atoms with Gasteiger partial charge in [0.15, 0.2) is 0 Å². The molecule has 29 heavy (non-hydrogen) atoms. The summed E-state index contributed by atoms with van der Waals surface area (Å²) in [5.74, 6) is -0.869. The van der Waals surface area contributed by atoms with Crippen LogP contribution in [0.25, 0.3) is 0 Å². The number of pyridine rings is 1. The van der Waals surface area contributed by atoms with Crippen LogP contribution < -0.4 is 10.6 Å². The minimum atomic E-state index is -0.477. The highest BCUT2D eigenvalue weighted by atomic mass is 16.5. The quantitative estimate of drug-likeness (QED) is 0.565. The number of anilines is 2. The van der Waals surface area contributed by atoms with E-state index in [-0.39, 0.29) is 12.3 Å². The zero-order valence-electron chi connectivity index (χ0n) is 16.2. The van der Waals surface area contributed by atoms with Gasteiger partial charge in [-0.3, -0.25) is 4.79 Å². The van der Waals surface area contributed by atoms with Crippen LogP contribution in [0.4, 0.5) is 11.4 Å². The number of benzene rings is 2. The molecule has 0 saturated carbocycles. The van der Waals surface area contributed by atoms with Crippen LogP contribution >= 0.6 is 0 Å². The lowest BCUT2D eigenvalue weighted by Gasteiger charge is -2.10. The summed E-state index contributed by atoms with van der Waals surface area (Å²) in [5.41, 5.74) is 3.05. The van der Waals surface area contributed by atoms with E-state index in [4.69, 9.17) is 4.74 Å². The maximum atomic E-state index is 12.5. The van der Waals surface area contributed by atoms with Crippen LogP contribution in [0.3, 0.4) is 0 Å². The molecule has 6 heteroatoms. The summed E-state index contributed by atoms with van der Waals surface area (Å²) in [4.78, 5) is 28.8. The van der Waals surface area contributed by atoms with Gasteiger partial charge in [-0.2, -0.15) is 0 Å². The third-order valence-electron chi connectivity index (χ3n) is 4.25. The van der Waals surface area contributed by atoms with Crippen LogP contribution in [0.15, 0.2) is 72.9 Å². The Morgan fingerprint density at radius 2 is 1.72 bits per heavy atom. The van der Waals surface area contributed by atoms with E-state index in [2.05, 4.69) is 27.8 Å². The van der Waals surface area contributed by atoms with Crippen molar-refractivity contribution in [1.82, 2.24) is 4.98 Å².